The van der Waals surface area contributed by atoms with Gasteiger partial charge in [0.2, 0.25) is 0 Å². The van der Waals surface area contributed by atoms with Gasteiger partial charge >= 0.3 is 17.9 Å². The van der Waals surface area contributed by atoms with Crippen molar-refractivity contribution in [2.24, 2.45) is 0 Å². The molecule has 0 amide bonds. The van der Waals surface area contributed by atoms with Crippen molar-refractivity contribution in [1.82, 2.24) is 0 Å². The van der Waals surface area contributed by atoms with Gasteiger partial charge in [0.1, 0.15) is 13.2 Å². The highest BCUT2D eigenvalue weighted by Gasteiger charge is 2.19. The SMILES string of the molecule is CCCCC/C=C\C/C=C\CCCCCCCCCCCC(=O)OCC(COC(=O)CCCCCCCCC/C=C\CCCCCCCC)OC(=O)CCCCCCCCC/C=C\CCCCCCCCC. The minimum atomic E-state index is -0.779. The first-order valence-corrected chi connectivity index (χ1v) is 31.6. The molecule has 0 aliphatic carbocycles. The largest absolute Gasteiger partial charge is 0.462 e. The number of carbonyl (C=O) groups is 3. The van der Waals surface area contributed by atoms with Crippen molar-refractivity contribution < 1.29 is 28.6 Å². The number of unbranched alkanes of at least 4 members (excludes halogenated alkanes) is 39. The molecule has 0 aromatic heterocycles. The van der Waals surface area contributed by atoms with E-state index in [1.807, 2.05) is 0 Å². The van der Waals surface area contributed by atoms with Gasteiger partial charge in [0, 0.05) is 19.3 Å². The van der Waals surface area contributed by atoms with Crippen LogP contribution in [-0.2, 0) is 28.6 Å². The maximum atomic E-state index is 12.9. The fourth-order valence-corrected chi connectivity index (χ4v) is 9.23. The zero-order valence-corrected chi connectivity index (χ0v) is 48.2. The van der Waals surface area contributed by atoms with Gasteiger partial charge in [-0.2, -0.15) is 0 Å². The zero-order chi connectivity index (χ0) is 52.2. The number of rotatable bonds is 58. The van der Waals surface area contributed by atoms with E-state index < -0.39 is 6.10 Å². The van der Waals surface area contributed by atoms with Crippen LogP contribution in [0.3, 0.4) is 0 Å². The molecular weight excluding hydrogens is 889 g/mol. The number of ether oxygens (including phenoxy) is 3. The second kappa shape index (κ2) is 60.9. The molecule has 72 heavy (non-hydrogen) atoms. The van der Waals surface area contributed by atoms with Crippen LogP contribution in [0.2, 0.25) is 0 Å². The third-order valence-corrected chi connectivity index (χ3v) is 14.0. The van der Waals surface area contributed by atoms with Crippen molar-refractivity contribution >= 4 is 17.9 Å². The van der Waals surface area contributed by atoms with Crippen molar-refractivity contribution in [2.45, 2.75) is 341 Å². The number of hydrogen-bond donors (Lipinski definition) is 0. The molecule has 0 heterocycles. The summed E-state index contributed by atoms with van der Waals surface area (Å²) in [6, 6.07) is 0. The normalized spacial score (nSPS) is 12.3. The van der Waals surface area contributed by atoms with Gasteiger partial charge in [-0.15, -0.1) is 0 Å². The van der Waals surface area contributed by atoms with Gasteiger partial charge in [0.25, 0.3) is 0 Å². The van der Waals surface area contributed by atoms with E-state index in [0.717, 1.165) is 64.2 Å². The lowest BCUT2D eigenvalue weighted by Crippen LogP contribution is -2.30. The predicted molar refractivity (Wildman–Crippen MR) is 312 cm³/mol. The Labute approximate surface area is 448 Å². The molecule has 0 saturated carbocycles. The summed E-state index contributed by atoms with van der Waals surface area (Å²) in [5, 5.41) is 0. The van der Waals surface area contributed by atoms with Crippen LogP contribution in [0, 0.1) is 0 Å². The van der Waals surface area contributed by atoms with Crippen LogP contribution in [0.5, 0.6) is 0 Å². The van der Waals surface area contributed by atoms with E-state index in [4.69, 9.17) is 14.2 Å². The summed E-state index contributed by atoms with van der Waals surface area (Å²) in [7, 11) is 0. The molecule has 0 saturated heterocycles. The molecule has 1 unspecified atom stereocenters. The van der Waals surface area contributed by atoms with E-state index in [1.54, 1.807) is 0 Å². The monoisotopic (exact) mass is 1010 g/mol. The number of esters is 3. The second-order valence-electron chi connectivity index (χ2n) is 21.3. The predicted octanol–water partition coefficient (Wildman–Crippen LogP) is 21.4. The van der Waals surface area contributed by atoms with Gasteiger partial charge in [0.05, 0.1) is 0 Å². The van der Waals surface area contributed by atoms with Crippen molar-refractivity contribution in [2.75, 3.05) is 13.2 Å². The Morgan fingerprint density at radius 3 is 0.806 bits per heavy atom. The lowest BCUT2D eigenvalue weighted by Gasteiger charge is -2.18. The van der Waals surface area contributed by atoms with E-state index in [0.29, 0.717) is 19.3 Å². The summed E-state index contributed by atoms with van der Waals surface area (Å²) in [6.45, 7) is 6.65. The average Bonchev–Trinajstić information content (AvgIpc) is 3.38. The molecule has 0 spiro atoms. The molecule has 0 aliphatic heterocycles. The van der Waals surface area contributed by atoms with Crippen LogP contribution in [0.25, 0.3) is 0 Å². The van der Waals surface area contributed by atoms with Crippen molar-refractivity contribution in [3.8, 4) is 0 Å². The van der Waals surface area contributed by atoms with E-state index in [9.17, 15) is 14.4 Å². The lowest BCUT2D eigenvalue weighted by molar-refractivity contribution is -0.167. The Bertz CT molecular complexity index is 1250. The molecule has 0 radical (unpaired) electrons. The third kappa shape index (κ3) is 58.3. The zero-order valence-electron chi connectivity index (χ0n) is 48.2. The van der Waals surface area contributed by atoms with Gasteiger partial charge in [-0.05, 0) is 103 Å². The Morgan fingerprint density at radius 1 is 0.278 bits per heavy atom. The van der Waals surface area contributed by atoms with Crippen molar-refractivity contribution in [3.63, 3.8) is 0 Å². The maximum absolute atomic E-state index is 12.9. The van der Waals surface area contributed by atoms with Crippen LogP contribution >= 0.6 is 0 Å². The van der Waals surface area contributed by atoms with E-state index in [-0.39, 0.29) is 31.1 Å². The minimum absolute atomic E-state index is 0.0763. The molecule has 0 aromatic rings. The Hall–Kier alpha value is -2.63. The number of carbonyl (C=O) groups excluding carboxylic acids is 3. The Morgan fingerprint density at radius 2 is 0.500 bits per heavy atom. The molecule has 0 bridgehead atoms. The van der Waals surface area contributed by atoms with Gasteiger partial charge in [0.15, 0.2) is 6.10 Å². The topological polar surface area (TPSA) is 78.9 Å². The number of allylic oxidation sites excluding steroid dienone is 8. The van der Waals surface area contributed by atoms with Crippen LogP contribution in [0.15, 0.2) is 48.6 Å². The molecule has 1 atom stereocenters. The lowest BCUT2D eigenvalue weighted by atomic mass is 10.1. The molecule has 0 rings (SSSR count). The highest BCUT2D eigenvalue weighted by molar-refractivity contribution is 5.71. The first kappa shape index (κ1) is 69.4. The summed E-state index contributed by atoms with van der Waals surface area (Å²) < 4.78 is 16.9. The third-order valence-electron chi connectivity index (χ3n) is 14.0. The molecular formula is C66H120O6. The second-order valence-corrected chi connectivity index (χ2v) is 21.3. The summed E-state index contributed by atoms with van der Waals surface area (Å²) >= 11 is 0. The van der Waals surface area contributed by atoms with Gasteiger partial charge in [-0.3, -0.25) is 14.4 Å². The van der Waals surface area contributed by atoms with Gasteiger partial charge in [-0.25, -0.2) is 0 Å². The maximum Gasteiger partial charge on any atom is 0.306 e. The number of hydrogen-bond acceptors (Lipinski definition) is 6. The van der Waals surface area contributed by atoms with Crippen LogP contribution in [-0.4, -0.2) is 37.2 Å². The summed E-state index contributed by atoms with van der Waals surface area (Å²) in [5.41, 5.74) is 0. The summed E-state index contributed by atoms with van der Waals surface area (Å²) in [5.74, 6) is -0.870. The Kier molecular flexibility index (Phi) is 58.7. The first-order valence-electron chi connectivity index (χ1n) is 31.6. The Balaban J connectivity index is 4.37. The average molecular weight is 1010 g/mol. The highest BCUT2D eigenvalue weighted by atomic mass is 16.6. The van der Waals surface area contributed by atoms with Gasteiger partial charge in [-0.1, -0.05) is 262 Å². The van der Waals surface area contributed by atoms with E-state index >= 15 is 0 Å². The molecule has 0 fully saturated rings. The molecule has 6 nitrogen and oxygen atoms in total. The molecule has 0 aromatic carbocycles. The van der Waals surface area contributed by atoms with Crippen LogP contribution in [0.1, 0.15) is 335 Å². The van der Waals surface area contributed by atoms with Crippen LogP contribution < -0.4 is 0 Å². The summed E-state index contributed by atoms with van der Waals surface area (Å²) in [4.78, 5) is 38.3. The fourth-order valence-electron chi connectivity index (χ4n) is 9.23. The quantitative estimate of drug-likeness (QED) is 0.0261. The van der Waals surface area contributed by atoms with Crippen molar-refractivity contribution in [1.29, 1.82) is 0 Å². The fraction of sp³-hybridized carbons (Fsp3) is 0.833. The minimum Gasteiger partial charge on any atom is -0.462 e. The molecule has 420 valence electrons. The molecule has 0 N–H and O–H groups in total. The first-order chi connectivity index (χ1) is 35.5. The standard InChI is InChI=1S/C66H120O6/c1-4-7-10-13-16-19-22-25-28-31-33-36-38-41-44-47-50-53-56-59-65(68)71-62-63(61-70-64(67)58-55-52-49-46-43-40-37-34-30-27-24-21-18-15-12-9-6-3)72-66(69)60-57-54-51-48-45-42-39-35-32-29-26-23-20-17-14-11-8-5-2/h16,19,25,27-30,32,63H,4-15,17-18,20-24,26,31,33-62H2,1-3H3/b19-16-,28-25-,30-27-,32-29-. The molecule has 0 aliphatic rings. The summed E-state index contributed by atoms with van der Waals surface area (Å²) in [6.07, 6.45) is 75.3. The smallest absolute Gasteiger partial charge is 0.306 e. The van der Waals surface area contributed by atoms with E-state index in [2.05, 4.69) is 69.4 Å². The van der Waals surface area contributed by atoms with Crippen LogP contribution in [0.4, 0.5) is 0 Å². The van der Waals surface area contributed by atoms with E-state index in [1.165, 1.54) is 231 Å². The highest BCUT2D eigenvalue weighted by Crippen LogP contribution is 2.16. The van der Waals surface area contributed by atoms with Gasteiger partial charge < -0.3 is 14.2 Å². The van der Waals surface area contributed by atoms with Crippen molar-refractivity contribution in [3.05, 3.63) is 48.6 Å². The molecule has 6 heteroatoms.